The lowest BCUT2D eigenvalue weighted by atomic mass is 10.1. The Morgan fingerprint density at radius 2 is 2.00 bits per heavy atom. The van der Waals surface area contributed by atoms with E-state index in [4.69, 9.17) is 11.6 Å². The molecule has 98 valence electrons. The number of anilines is 1. The summed E-state index contributed by atoms with van der Waals surface area (Å²) in [6.07, 6.45) is 0. The number of hydrogen-bond donors (Lipinski definition) is 1. The molecule has 18 heavy (non-hydrogen) atoms. The lowest BCUT2D eigenvalue weighted by Gasteiger charge is -2.30. The summed E-state index contributed by atoms with van der Waals surface area (Å²) in [4.78, 5) is 15.8. The number of nitrogens with one attached hydrogen (secondary N) is 1. The predicted molar refractivity (Wildman–Crippen MR) is 74.6 cm³/mol. The van der Waals surface area contributed by atoms with Gasteiger partial charge in [0.2, 0.25) is 0 Å². The van der Waals surface area contributed by atoms with E-state index >= 15 is 0 Å². The molecule has 0 saturated carbocycles. The molecule has 0 aliphatic carbocycles. The molecule has 0 radical (unpaired) electrons. The second-order valence-corrected chi connectivity index (χ2v) is 5.01. The molecule has 1 aromatic carbocycles. The molecule has 0 unspecified atom stereocenters. The zero-order chi connectivity index (χ0) is 13.1. The van der Waals surface area contributed by atoms with Crippen molar-refractivity contribution in [1.82, 2.24) is 10.2 Å². The SMILES string of the molecule is CN(C)C(=O)c1cc(N2CCNCC2)ccc1Cl. The van der Waals surface area contributed by atoms with Crippen molar-refractivity contribution in [3.05, 3.63) is 28.8 Å². The minimum atomic E-state index is -0.0583. The van der Waals surface area contributed by atoms with Crippen molar-refractivity contribution in [3.8, 4) is 0 Å². The van der Waals surface area contributed by atoms with Crippen LogP contribution in [0.3, 0.4) is 0 Å². The Labute approximate surface area is 113 Å². The van der Waals surface area contributed by atoms with E-state index in [1.54, 1.807) is 25.1 Å². The van der Waals surface area contributed by atoms with Crippen LogP contribution in [-0.2, 0) is 0 Å². The monoisotopic (exact) mass is 267 g/mol. The molecular formula is C13H18ClN3O. The highest BCUT2D eigenvalue weighted by molar-refractivity contribution is 6.34. The smallest absolute Gasteiger partial charge is 0.254 e. The van der Waals surface area contributed by atoms with E-state index in [2.05, 4.69) is 10.2 Å². The summed E-state index contributed by atoms with van der Waals surface area (Å²) >= 11 is 6.10. The Hall–Kier alpha value is -1.26. The molecule has 2 rings (SSSR count). The number of carbonyl (C=O) groups excluding carboxylic acids is 1. The number of rotatable bonds is 2. The number of benzene rings is 1. The molecule has 0 aromatic heterocycles. The summed E-state index contributed by atoms with van der Waals surface area (Å²) in [6.45, 7) is 3.85. The summed E-state index contributed by atoms with van der Waals surface area (Å²) in [5.41, 5.74) is 1.63. The first-order chi connectivity index (χ1) is 8.59. The van der Waals surface area contributed by atoms with Crippen LogP contribution in [0.4, 0.5) is 5.69 Å². The minimum absolute atomic E-state index is 0.0583. The summed E-state index contributed by atoms with van der Waals surface area (Å²) in [5, 5.41) is 3.82. The standard InChI is InChI=1S/C13H18ClN3O/c1-16(2)13(18)11-9-10(3-4-12(11)14)17-7-5-15-6-8-17/h3-4,9,15H,5-8H2,1-2H3. The van der Waals surface area contributed by atoms with Crippen LogP contribution in [0, 0.1) is 0 Å². The van der Waals surface area contributed by atoms with Gasteiger partial charge >= 0.3 is 0 Å². The molecule has 1 amide bonds. The number of hydrogen-bond acceptors (Lipinski definition) is 3. The van der Waals surface area contributed by atoms with Gasteiger partial charge in [0, 0.05) is 46.0 Å². The second-order valence-electron chi connectivity index (χ2n) is 4.60. The topological polar surface area (TPSA) is 35.6 Å². The summed E-state index contributed by atoms with van der Waals surface area (Å²) in [6, 6.07) is 5.66. The third-order valence-electron chi connectivity index (χ3n) is 3.07. The third-order valence-corrected chi connectivity index (χ3v) is 3.40. The van der Waals surface area contributed by atoms with Gasteiger partial charge in [0.25, 0.3) is 5.91 Å². The van der Waals surface area contributed by atoms with Gasteiger partial charge < -0.3 is 15.1 Å². The van der Waals surface area contributed by atoms with Crippen molar-refractivity contribution in [3.63, 3.8) is 0 Å². The molecule has 4 nitrogen and oxygen atoms in total. The van der Waals surface area contributed by atoms with E-state index in [9.17, 15) is 4.79 Å². The maximum atomic E-state index is 12.0. The number of amides is 1. The molecule has 1 heterocycles. The molecular weight excluding hydrogens is 250 g/mol. The minimum Gasteiger partial charge on any atom is -0.369 e. The van der Waals surface area contributed by atoms with E-state index in [-0.39, 0.29) is 5.91 Å². The van der Waals surface area contributed by atoms with Crippen LogP contribution in [0.25, 0.3) is 0 Å². The van der Waals surface area contributed by atoms with Crippen LogP contribution in [0.15, 0.2) is 18.2 Å². The maximum Gasteiger partial charge on any atom is 0.254 e. The first kappa shape index (κ1) is 13.2. The second kappa shape index (κ2) is 5.59. The van der Waals surface area contributed by atoms with E-state index in [1.165, 1.54) is 0 Å². The Kier molecular flexibility index (Phi) is 4.09. The van der Waals surface area contributed by atoms with Crippen molar-refractivity contribution in [2.24, 2.45) is 0 Å². The van der Waals surface area contributed by atoms with Crippen molar-refractivity contribution in [1.29, 1.82) is 0 Å². The van der Waals surface area contributed by atoms with Crippen LogP contribution in [-0.4, -0.2) is 51.1 Å². The average Bonchev–Trinajstić information content (AvgIpc) is 2.39. The maximum absolute atomic E-state index is 12.0. The van der Waals surface area contributed by atoms with Crippen LogP contribution in [0.1, 0.15) is 10.4 Å². The molecule has 0 atom stereocenters. The number of piperazine rings is 1. The molecule has 5 heteroatoms. The number of carbonyl (C=O) groups is 1. The Morgan fingerprint density at radius 1 is 1.33 bits per heavy atom. The van der Waals surface area contributed by atoms with Crippen LogP contribution in [0.5, 0.6) is 0 Å². The Morgan fingerprint density at radius 3 is 2.61 bits per heavy atom. The van der Waals surface area contributed by atoms with Gasteiger partial charge in [-0.05, 0) is 18.2 Å². The summed E-state index contributed by atoms with van der Waals surface area (Å²) in [7, 11) is 3.46. The molecule has 1 N–H and O–H groups in total. The van der Waals surface area contributed by atoms with Crippen molar-refractivity contribution in [2.75, 3.05) is 45.2 Å². The van der Waals surface area contributed by atoms with E-state index in [0.717, 1.165) is 31.9 Å². The van der Waals surface area contributed by atoms with Crippen molar-refractivity contribution < 1.29 is 4.79 Å². The van der Waals surface area contributed by atoms with Crippen molar-refractivity contribution in [2.45, 2.75) is 0 Å². The highest BCUT2D eigenvalue weighted by Gasteiger charge is 2.16. The zero-order valence-corrected chi connectivity index (χ0v) is 11.5. The fraction of sp³-hybridized carbons (Fsp3) is 0.462. The van der Waals surface area contributed by atoms with Crippen LogP contribution < -0.4 is 10.2 Å². The fourth-order valence-electron chi connectivity index (χ4n) is 2.04. The predicted octanol–water partition coefficient (Wildman–Crippen LogP) is 1.45. The van der Waals surface area contributed by atoms with Gasteiger partial charge in [-0.1, -0.05) is 11.6 Å². The number of halogens is 1. The molecule has 1 aliphatic heterocycles. The van der Waals surface area contributed by atoms with Gasteiger partial charge in [-0.2, -0.15) is 0 Å². The van der Waals surface area contributed by atoms with Gasteiger partial charge in [-0.15, -0.1) is 0 Å². The van der Waals surface area contributed by atoms with Crippen LogP contribution in [0.2, 0.25) is 5.02 Å². The van der Waals surface area contributed by atoms with Gasteiger partial charge in [0.05, 0.1) is 10.6 Å². The lowest BCUT2D eigenvalue weighted by molar-refractivity contribution is 0.0828. The van der Waals surface area contributed by atoms with Gasteiger partial charge in [0.1, 0.15) is 0 Å². The lowest BCUT2D eigenvalue weighted by Crippen LogP contribution is -2.43. The molecule has 1 fully saturated rings. The highest BCUT2D eigenvalue weighted by Crippen LogP contribution is 2.24. The molecule has 0 bridgehead atoms. The normalized spacial score (nSPS) is 15.6. The fourth-order valence-corrected chi connectivity index (χ4v) is 2.24. The molecule has 0 spiro atoms. The van der Waals surface area contributed by atoms with Crippen molar-refractivity contribution >= 4 is 23.2 Å². The largest absolute Gasteiger partial charge is 0.369 e. The van der Waals surface area contributed by atoms with Gasteiger partial charge in [0.15, 0.2) is 0 Å². The summed E-state index contributed by atoms with van der Waals surface area (Å²) < 4.78 is 0. The molecule has 1 aliphatic rings. The van der Waals surface area contributed by atoms with E-state index in [0.29, 0.717) is 10.6 Å². The van der Waals surface area contributed by atoms with Gasteiger partial charge in [-0.3, -0.25) is 4.79 Å². The Balaban J connectivity index is 2.28. The molecule has 1 saturated heterocycles. The third kappa shape index (κ3) is 2.76. The number of nitrogens with zero attached hydrogens (tertiary/aromatic N) is 2. The average molecular weight is 268 g/mol. The first-order valence-corrected chi connectivity index (χ1v) is 6.44. The quantitative estimate of drug-likeness (QED) is 0.881. The van der Waals surface area contributed by atoms with E-state index < -0.39 is 0 Å². The Bertz CT molecular complexity index is 442. The first-order valence-electron chi connectivity index (χ1n) is 6.06. The van der Waals surface area contributed by atoms with E-state index in [1.807, 2.05) is 12.1 Å². The van der Waals surface area contributed by atoms with Gasteiger partial charge in [-0.25, -0.2) is 0 Å². The van der Waals surface area contributed by atoms with Crippen LogP contribution >= 0.6 is 11.6 Å². The zero-order valence-electron chi connectivity index (χ0n) is 10.7. The molecule has 1 aromatic rings. The summed E-state index contributed by atoms with van der Waals surface area (Å²) in [5.74, 6) is -0.0583. The highest BCUT2D eigenvalue weighted by atomic mass is 35.5.